The minimum absolute atomic E-state index is 0.257. The molecule has 5 heteroatoms. The van der Waals surface area contributed by atoms with Crippen molar-refractivity contribution in [2.75, 3.05) is 39.3 Å². The maximum absolute atomic E-state index is 10.3. The number of rotatable bonds is 7. The van der Waals surface area contributed by atoms with E-state index in [1.54, 1.807) is 6.07 Å². The second-order valence-electron chi connectivity index (χ2n) is 6.96. The number of hydrogen-bond donors (Lipinski definition) is 1. The first-order chi connectivity index (χ1) is 12.6. The number of β-amino-alcohol motifs (C(OH)–C–C–N with tert-alkyl or cyclic N) is 1. The quantitative estimate of drug-likeness (QED) is 0.807. The van der Waals surface area contributed by atoms with E-state index in [9.17, 15) is 5.11 Å². The van der Waals surface area contributed by atoms with Gasteiger partial charge >= 0.3 is 0 Å². The fourth-order valence-corrected chi connectivity index (χ4v) is 3.49. The topological polar surface area (TPSA) is 35.9 Å². The Morgan fingerprint density at radius 1 is 1.04 bits per heavy atom. The van der Waals surface area contributed by atoms with Crippen LogP contribution in [0.25, 0.3) is 0 Å². The highest BCUT2D eigenvalue weighted by Gasteiger charge is 2.19. The molecule has 4 nitrogen and oxygen atoms in total. The average molecular weight is 375 g/mol. The minimum atomic E-state index is -0.519. The number of benzene rings is 2. The zero-order valence-electron chi connectivity index (χ0n) is 15.3. The van der Waals surface area contributed by atoms with E-state index in [2.05, 4.69) is 41.0 Å². The Morgan fingerprint density at radius 3 is 2.50 bits per heavy atom. The summed E-state index contributed by atoms with van der Waals surface area (Å²) in [6, 6.07) is 16.0. The predicted octanol–water partition coefficient (Wildman–Crippen LogP) is 3.21. The molecule has 1 aliphatic heterocycles. The van der Waals surface area contributed by atoms with Gasteiger partial charge in [-0.1, -0.05) is 53.6 Å². The van der Waals surface area contributed by atoms with Crippen LogP contribution in [0.5, 0.6) is 5.75 Å². The van der Waals surface area contributed by atoms with Gasteiger partial charge in [-0.25, -0.2) is 0 Å². The summed E-state index contributed by atoms with van der Waals surface area (Å²) in [6.07, 6.45) is -0.519. The van der Waals surface area contributed by atoms with Gasteiger partial charge in [-0.05, 0) is 24.6 Å². The largest absolute Gasteiger partial charge is 0.489 e. The Bertz CT molecular complexity index is 702. The molecule has 2 aromatic carbocycles. The first kappa shape index (κ1) is 19.2. The molecule has 0 aliphatic carbocycles. The molecule has 0 radical (unpaired) electrons. The van der Waals surface area contributed by atoms with Crippen LogP contribution in [0.15, 0.2) is 48.5 Å². The van der Waals surface area contributed by atoms with E-state index in [1.807, 2.05) is 18.2 Å². The first-order valence-corrected chi connectivity index (χ1v) is 9.53. The number of nitrogens with zero attached hydrogens (tertiary/aromatic N) is 2. The molecule has 3 rings (SSSR count). The van der Waals surface area contributed by atoms with Gasteiger partial charge in [0.1, 0.15) is 18.5 Å². The van der Waals surface area contributed by atoms with Crippen LogP contribution in [0.3, 0.4) is 0 Å². The minimum Gasteiger partial charge on any atom is -0.489 e. The van der Waals surface area contributed by atoms with Crippen LogP contribution in [0.2, 0.25) is 5.02 Å². The van der Waals surface area contributed by atoms with Crippen LogP contribution in [-0.4, -0.2) is 60.3 Å². The van der Waals surface area contributed by atoms with E-state index in [0.29, 0.717) is 17.3 Å². The lowest BCUT2D eigenvalue weighted by Crippen LogP contribution is -2.48. The molecule has 1 fully saturated rings. The lowest BCUT2D eigenvalue weighted by atomic mass is 10.1. The van der Waals surface area contributed by atoms with Crippen LogP contribution in [0.4, 0.5) is 0 Å². The first-order valence-electron chi connectivity index (χ1n) is 9.16. The van der Waals surface area contributed by atoms with Crippen LogP contribution in [0.1, 0.15) is 11.1 Å². The van der Waals surface area contributed by atoms with Gasteiger partial charge in [0, 0.05) is 39.3 Å². The Hall–Kier alpha value is -1.59. The molecule has 0 amide bonds. The van der Waals surface area contributed by atoms with Crippen molar-refractivity contribution in [3.63, 3.8) is 0 Å². The van der Waals surface area contributed by atoms with Gasteiger partial charge in [0.25, 0.3) is 0 Å². The number of aliphatic hydroxyl groups excluding tert-OH is 1. The van der Waals surface area contributed by atoms with Crippen LogP contribution >= 0.6 is 11.6 Å². The van der Waals surface area contributed by atoms with E-state index < -0.39 is 6.10 Å². The molecule has 1 unspecified atom stereocenters. The molecule has 0 aromatic heterocycles. The highest BCUT2D eigenvalue weighted by molar-refractivity contribution is 6.32. The summed E-state index contributed by atoms with van der Waals surface area (Å²) in [7, 11) is 0. The molecular weight excluding hydrogens is 348 g/mol. The van der Waals surface area contributed by atoms with E-state index in [0.717, 1.165) is 32.7 Å². The molecule has 26 heavy (non-hydrogen) atoms. The van der Waals surface area contributed by atoms with Gasteiger partial charge in [-0.15, -0.1) is 0 Å². The van der Waals surface area contributed by atoms with Crippen molar-refractivity contribution in [1.29, 1.82) is 0 Å². The standard InChI is InChI=1S/C21H27ClN2O2/c1-17-5-4-6-18(13-17)14-23-9-11-24(12-10-23)15-19(25)16-26-21-8-3-2-7-20(21)22/h2-8,13,19,25H,9-12,14-16H2,1H3. The smallest absolute Gasteiger partial charge is 0.138 e. The maximum atomic E-state index is 10.3. The van der Waals surface area contributed by atoms with Gasteiger partial charge in [0.2, 0.25) is 0 Å². The normalized spacial score (nSPS) is 17.2. The molecule has 0 spiro atoms. The SMILES string of the molecule is Cc1cccc(CN2CCN(CC(O)COc3ccccc3Cl)CC2)c1. The Balaban J connectivity index is 1.38. The van der Waals surface area contributed by atoms with E-state index in [4.69, 9.17) is 16.3 Å². The van der Waals surface area contributed by atoms with Crippen LogP contribution in [0, 0.1) is 6.92 Å². The summed E-state index contributed by atoms with van der Waals surface area (Å²) in [6.45, 7) is 7.99. The second-order valence-corrected chi connectivity index (χ2v) is 7.37. The summed E-state index contributed by atoms with van der Waals surface area (Å²) < 4.78 is 5.63. The summed E-state index contributed by atoms with van der Waals surface area (Å²) >= 11 is 6.07. The van der Waals surface area contributed by atoms with Crippen molar-refractivity contribution < 1.29 is 9.84 Å². The van der Waals surface area contributed by atoms with Crippen molar-refractivity contribution >= 4 is 11.6 Å². The molecule has 0 saturated carbocycles. The molecule has 2 aromatic rings. The summed E-state index contributed by atoms with van der Waals surface area (Å²) in [4.78, 5) is 4.77. The van der Waals surface area contributed by atoms with E-state index in [1.165, 1.54) is 11.1 Å². The van der Waals surface area contributed by atoms with Gasteiger partial charge in [0.15, 0.2) is 0 Å². The number of ether oxygens (including phenoxy) is 1. The van der Waals surface area contributed by atoms with Crippen molar-refractivity contribution in [3.8, 4) is 5.75 Å². The Labute approximate surface area is 160 Å². The van der Waals surface area contributed by atoms with Crippen molar-refractivity contribution in [3.05, 3.63) is 64.7 Å². The van der Waals surface area contributed by atoms with Gasteiger partial charge in [0.05, 0.1) is 5.02 Å². The summed E-state index contributed by atoms with van der Waals surface area (Å²) in [5.74, 6) is 0.621. The highest BCUT2D eigenvalue weighted by Crippen LogP contribution is 2.23. The van der Waals surface area contributed by atoms with E-state index in [-0.39, 0.29) is 6.61 Å². The monoisotopic (exact) mass is 374 g/mol. The van der Waals surface area contributed by atoms with Crippen LogP contribution < -0.4 is 4.74 Å². The fraction of sp³-hybridized carbons (Fsp3) is 0.429. The molecule has 0 bridgehead atoms. The molecule has 1 atom stereocenters. The molecule has 1 aliphatic rings. The zero-order chi connectivity index (χ0) is 18.4. The molecule has 1 N–H and O–H groups in total. The maximum Gasteiger partial charge on any atom is 0.138 e. The summed E-state index contributed by atoms with van der Waals surface area (Å²) in [5, 5.41) is 10.8. The molecule has 1 saturated heterocycles. The lowest BCUT2D eigenvalue weighted by Gasteiger charge is -2.35. The van der Waals surface area contributed by atoms with Gasteiger partial charge < -0.3 is 9.84 Å². The summed E-state index contributed by atoms with van der Waals surface area (Å²) in [5.41, 5.74) is 2.68. The van der Waals surface area contributed by atoms with Crippen LogP contribution in [-0.2, 0) is 6.54 Å². The number of piperazine rings is 1. The average Bonchev–Trinajstić information content (AvgIpc) is 2.63. The fourth-order valence-electron chi connectivity index (χ4n) is 3.30. The number of aryl methyl sites for hydroxylation is 1. The number of halogens is 1. The van der Waals surface area contributed by atoms with E-state index >= 15 is 0 Å². The van der Waals surface area contributed by atoms with Gasteiger partial charge in [-0.2, -0.15) is 0 Å². The predicted molar refractivity (Wildman–Crippen MR) is 106 cm³/mol. The second kappa shape index (κ2) is 9.38. The van der Waals surface area contributed by atoms with Crippen molar-refractivity contribution in [1.82, 2.24) is 9.80 Å². The molecular formula is C21H27ClN2O2. The Morgan fingerprint density at radius 2 is 1.77 bits per heavy atom. The highest BCUT2D eigenvalue weighted by atomic mass is 35.5. The third-order valence-electron chi connectivity index (χ3n) is 4.69. The number of aliphatic hydroxyl groups is 1. The molecule has 1 heterocycles. The van der Waals surface area contributed by atoms with Crippen molar-refractivity contribution in [2.24, 2.45) is 0 Å². The third-order valence-corrected chi connectivity index (χ3v) is 5.00. The molecule has 140 valence electrons. The Kier molecular flexibility index (Phi) is 6.92. The zero-order valence-corrected chi connectivity index (χ0v) is 16.0. The number of para-hydroxylation sites is 1. The lowest BCUT2D eigenvalue weighted by molar-refractivity contribution is 0.0446. The van der Waals surface area contributed by atoms with Crippen molar-refractivity contribution in [2.45, 2.75) is 19.6 Å². The van der Waals surface area contributed by atoms with Gasteiger partial charge in [-0.3, -0.25) is 9.80 Å². The third kappa shape index (κ3) is 5.71. The number of hydrogen-bond acceptors (Lipinski definition) is 4.